The molecule has 0 spiro atoms. The summed E-state index contributed by atoms with van der Waals surface area (Å²) in [5, 5.41) is 0. The topological polar surface area (TPSA) is 55.8 Å². The van der Waals surface area contributed by atoms with Crippen molar-refractivity contribution in [3.8, 4) is 0 Å². The summed E-state index contributed by atoms with van der Waals surface area (Å²) < 4.78 is 19.8. The van der Waals surface area contributed by atoms with Crippen LogP contribution in [0.3, 0.4) is 0 Å². The Morgan fingerprint density at radius 1 is 1.10 bits per heavy atom. The van der Waals surface area contributed by atoms with Crippen molar-refractivity contribution in [2.24, 2.45) is 0 Å². The van der Waals surface area contributed by atoms with E-state index >= 15 is 0 Å². The maximum absolute atomic E-state index is 10.7. The third kappa shape index (κ3) is 2.80. The van der Waals surface area contributed by atoms with Gasteiger partial charge in [0, 0.05) is 0 Å². The molecule has 1 N–H and O–H groups in total. The van der Waals surface area contributed by atoms with Gasteiger partial charge in [-0.1, -0.05) is 0 Å². The van der Waals surface area contributed by atoms with E-state index in [1.54, 1.807) is 0 Å². The van der Waals surface area contributed by atoms with Gasteiger partial charge < -0.3 is 4.89 Å². The van der Waals surface area contributed by atoms with Crippen LogP contribution in [0.25, 0.3) is 0 Å². The second-order valence-corrected chi connectivity index (χ2v) is 3.65. The molecule has 0 saturated carbocycles. The Balaban J connectivity index is 2.38. The minimum absolute atomic E-state index is 0.327. The zero-order valence-electron chi connectivity index (χ0n) is 5.65. The Morgan fingerprint density at radius 2 is 1.60 bits per heavy atom. The van der Waals surface area contributed by atoms with Gasteiger partial charge in [0.2, 0.25) is 0 Å². The van der Waals surface area contributed by atoms with Crippen LogP contribution in [0, 0.1) is 0 Å². The molecule has 0 amide bonds. The quantitative estimate of drug-likeness (QED) is 0.551. The molecular weight excluding hydrogens is 155 g/mol. The zero-order valence-corrected chi connectivity index (χ0v) is 6.55. The van der Waals surface area contributed by atoms with Crippen LogP contribution in [0.4, 0.5) is 0 Å². The molecule has 60 valence electrons. The van der Waals surface area contributed by atoms with Gasteiger partial charge in [0.25, 0.3) is 0 Å². The molecule has 1 aliphatic heterocycles. The van der Waals surface area contributed by atoms with Crippen LogP contribution in [0.1, 0.15) is 19.3 Å². The van der Waals surface area contributed by atoms with Crippen LogP contribution < -0.4 is 0 Å². The number of phosphoric ester groups is 1. The lowest BCUT2D eigenvalue weighted by atomic mass is 10.2. The molecule has 0 atom stereocenters. The van der Waals surface area contributed by atoms with Gasteiger partial charge in [-0.15, -0.1) is 0 Å². The SMILES string of the molecule is O=P1(O)OCCCCCO1. The van der Waals surface area contributed by atoms with E-state index in [1.165, 1.54) is 0 Å². The highest BCUT2D eigenvalue weighted by atomic mass is 31.2. The Kier molecular flexibility index (Phi) is 2.86. The van der Waals surface area contributed by atoms with Gasteiger partial charge in [0.15, 0.2) is 0 Å². The first-order valence-corrected chi connectivity index (χ1v) is 4.82. The molecule has 1 fully saturated rings. The summed E-state index contributed by atoms with van der Waals surface area (Å²) in [6, 6.07) is 0. The summed E-state index contributed by atoms with van der Waals surface area (Å²) in [4.78, 5) is 8.79. The van der Waals surface area contributed by atoms with Crippen molar-refractivity contribution >= 4 is 7.82 Å². The van der Waals surface area contributed by atoms with Crippen LogP contribution in [-0.4, -0.2) is 18.1 Å². The van der Waals surface area contributed by atoms with E-state index in [9.17, 15) is 4.57 Å². The van der Waals surface area contributed by atoms with E-state index in [0.717, 1.165) is 19.3 Å². The monoisotopic (exact) mass is 166 g/mol. The van der Waals surface area contributed by atoms with E-state index in [1.807, 2.05) is 0 Å². The van der Waals surface area contributed by atoms with Crippen molar-refractivity contribution in [3.05, 3.63) is 0 Å². The molecule has 4 nitrogen and oxygen atoms in total. The number of hydrogen-bond donors (Lipinski definition) is 1. The molecule has 10 heavy (non-hydrogen) atoms. The van der Waals surface area contributed by atoms with Gasteiger partial charge in [-0.05, 0) is 19.3 Å². The molecule has 0 radical (unpaired) electrons. The third-order valence-corrected chi connectivity index (χ3v) is 2.32. The van der Waals surface area contributed by atoms with E-state index in [2.05, 4.69) is 9.05 Å². The van der Waals surface area contributed by atoms with Gasteiger partial charge in [-0.2, -0.15) is 0 Å². The molecule has 0 bridgehead atoms. The second kappa shape index (κ2) is 3.49. The van der Waals surface area contributed by atoms with Crippen molar-refractivity contribution in [3.63, 3.8) is 0 Å². The summed E-state index contributed by atoms with van der Waals surface area (Å²) in [6.45, 7) is 0.654. The molecule has 0 aromatic carbocycles. The highest BCUT2D eigenvalue weighted by Crippen LogP contribution is 2.44. The fourth-order valence-electron chi connectivity index (χ4n) is 0.778. The van der Waals surface area contributed by atoms with E-state index in [-0.39, 0.29) is 0 Å². The largest absolute Gasteiger partial charge is 0.472 e. The fourth-order valence-corrected chi connectivity index (χ4v) is 1.57. The van der Waals surface area contributed by atoms with Gasteiger partial charge in [-0.25, -0.2) is 4.57 Å². The molecule has 1 rings (SSSR count). The summed E-state index contributed by atoms with van der Waals surface area (Å²) in [7, 11) is -3.66. The zero-order chi connectivity index (χ0) is 7.45. The number of phosphoric acid groups is 1. The molecule has 0 aromatic heterocycles. The van der Waals surface area contributed by atoms with Crippen molar-refractivity contribution in [2.75, 3.05) is 13.2 Å². The average molecular weight is 166 g/mol. The van der Waals surface area contributed by atoms with E-state index in [4.69, 9.17) is 4.89 Å². The van der Waals surface area contributed by atoms with Crippen LogP contribution in [-0.2, 0) is 13.6 Å². The van der Waals surface area contributed by atoms with Crippen molar-refractivity contribution in [2.45, 2.75) is 19.3 Å². The summed E-state index contributed by atoms with van der Waals surface area (Å²) in [6.07, 6.45) is 2.68. The van der Waals surface area contributed by atoms with Gasteiger partial charge in [0.05, 0.1) is 13.2 Å². The molecule has 1 aliphatic rings. The van der Waals surface area contributed by atoms with Crippen molar-refractivity contribution in [1.29, 1.82) is 0 Å². The average Bonchev–Trinajstić information content (AvgIpc) is 1.81. The maximum atomic E-state index is 10.7. The first kappa shape index (κ1) is 8.21. The van der Waals surface area contributed by atoms with Crippen LogP contribution in [0.2, 0.25) is 0 Å². The Hall–Kier alpha value is 0.110. The molecule has 1 heterocycles. The van der Waals surface area contributed by atoms with Crippen molar-refractivity contribution < 1.29 is 18.5 Å². The lowest BCUT2D eigenvalue weighted by molar-refractivity contribution is 0.131. The molecule has 0 aromatic rings. The minimum Gasteiger partial charge on any atom is -0.302 e. The Morgan fingerprint density at radius 3 is 2.10 bits per heavy atom. The van der Waals surface area contributed by atoms with Crippen molar-refractivity contribution in [1.82, 2.24) is 0 Å². The molecule has 1 saturated heterocycles. The summed E-state index contributed by atoms with van der Waals surface area (Å²) in [5.41, 5.74) is 0. The second-order valence-electron chi connectivity index (χ2n) is 2.20. The first-order valence-electron chi connectivity index (χ1n) is 3.33. The Labute approximate surface area is 59.8 Å². The standard InChI is InChI=1S/C5H11O4P/c6-10(7)8-4-2-1-3-5-9-10/h1-5H2,(H,6,7). The number of rotatable bonds is 0. The lowest BCUT2D eigenvalue weighted by Gasteiger charge is -2.14. The minimum atomic E-state index is -3.66. The molecule has 0 aliphatic carbocycles. The summed E-state index contributed by atoms with van der Waals surface area (Å²) in [5.74, 6) is 0. The highest BCUT2D eigenvalue weighted by molar-refractivity contribution is 7.47. The van der Waals surface area contributed by atoms with E-state index < -0.39 is 7.82 Å². The fraction of sp³-hybridized carbons (Fsp3) is 1.00. The maximum Gasteiger partial charge on any atom is 0.472 e. The smallest absolute Gasteiger partial charge is 0.302 e. The third-order valence-electron chi connectivity index (χ3n) is 1.30. The summed E-state index contributed by atoms with van der Waals surface area (Å²) >= 11 is 0. The van der Waals surface area contributed by atoms with Gasteiger partial charge >= 0.3 is 7.82 Å². The molecule has 0 unspecified atom stereocenters. The van der Waals surface area contributed by atoms with Gasteiger partial charge in [0.1, 0.15) is 0 Å². The predicted molar refractivity (Wildman–Crippen MR) is 35.6 cm³/mol. The van der Waals surface area contributed by atoms with E-state index in [0.29, 0.717) is 13.2 Å². The Bertz CT molecular complexity index is 135. The normalized spacial score (nSPS) is 26.9. The highest BCUT2D eigenvalue weighted by Gasteiger charge is 2.21. The first-order chi connectivity index (χ1) is 4.71. The van der Waals surface area contributed by atoms with Crippen LogP contribution >= 0.6 is 7.82 Å². The van der Waals surface area contributed by atoms with Crippen LogP contribution in [0.5, 0.6) is 0 Å². The molecule has 5 heteroatoms. The van der Waals surface area contributed by atoms with Gasteiger partial charge in [-0.3, -0.25) is 9.05 Å². The lowest BCUT2D eigenvalue weighted by Crippen LogP contribution is -2.02. The van der Waals surface area contributed by atoms with Crippen LogP contribution in [0.15, 0.2) is 0 Å². The number of hydrogen-bond acceptors (Lipinski definition) is 3. The predicted octanol–water partition coefficient (Wildman–Crippen LogP) is 1.30. The molecular formula is C5H11O4P.